The monoisotopic (exact) mass is 274 g/mol. The van der Waals surface area contributed by atoms with Crippen LogP contribution in [0.1, 0.15) is 69.4 Å². The Bertz CT molecular complexity index is 490. The standard InChI is InChI=1S/C18H26O2/c1-8-9-15(19)12-10-13(17(2,3)4)16(20)14(11-12)18(5,6)7/h8,10-11,20H,1,9H2,2-7H3. The summed E-state index contributed by atoms with van der Waals surface area (Å²) in [4.78, 5) is 12.2. The molecule has 0 saturated heterocycles. The predicted octanol–water partition coefficient (Wildman–Crippen LogP) is 4.75. The van der Waals surface area contributed by atoms with E-state index in [1.54, 1.807) is 6.08 Å². The second-order valence-electron chi connectivity index (χ2n) is 7.34. The van der Waals surface area contributed by atoms with Gasteiger partial charge < -0.3 is 5.11 Å². The fourth-order valence-corrected chi connectivity index (χ4v) is 2.19. The summed E-state index contributed by atoms with van der Waals surface area (Å²) in [5, 5.41) is 10.6. The molecule has 0 aliphatic carbocycles. The van der Waals surface area contributed by atoms with Crippen molar-refractivity contribution in [1.29, 1.82) is 0 Å². The van der Waals surface area contributed by atoms with Crippen LogP contribution in [-0.2, 0) is 10.8 Å². The summed E-state index contributed by atoms with van der Waals surface area (Å²) in [5.74, 6) is 0.344. The van der Waals surface area contributed by atoms with Crippen molar-refractivity contribution >= 4 is 5.78 Å². The first-order valence-corrected chi connectivity index (χ1v) is 7.00. The van der Waals surface area contributed by atoms with E-state index in [1.807, 2.05) is 53.7 Å². The number of hydrogen-bond acceptors (Lipinski definition) is 2. The molecule has 1 N–H and O–H groups in total. The number of rotatable bonds is 3. The lowest BCUT2D eigenvalue weighted by Crippen LogP contribution is -2.18. The van der Waals surface area contributed by atoms with Crippen molar-refractivity contribution in [2.24, 2.45) is 0 Å². The summed E-state index contributed by atoms with van der Waals surface area (Å²) < 4.78 is 0. The van der Waals surface area contributed by atoms with Gasteiger partial charge in [0, 0.05) is 23.1 Å². The third-order valence-electron chi connectivity index (χ3n) is 3.38. The van der Waals surface area contributed by atoms with Gasteiger partial charge in [0.1, 0.15) is 5.75 Å². The van der Waals surface area contributed by atoms with E-state index < -0.39 is 0 Å². The Kier molecular flexibility index (Phi) is 4.48. The topological polar surface area (TPSA) is 37.3 Å². The van der Waals surface area contributed by atoms with Crippen LogP contribution in [0, 0.1) is 0 Å². The van der Waals surface area contributed by atoms with Crippen LogP contribution in [0.4, 0.5) is 0 Å². The van der Waals surface area contributed by atoms with Crippen LogP contribution in [0.15, 0.2) is 24.8 Å². The van der Waals surface area contributed by atoms with Gasteiger partial charge in [-0.15, -0.1) is 6.58 Å². The summed E-state index contributed by atoms with van der Waals surface area (Å²) in [6.45, 7) is 15.8. The minimum Gasteiger partial charge on any atom is -0.507 e. The zero-order valence-electron chi connectivity index (χ0n) is 13.5. The van der Waals surface area contributed by atoms with Crippen LogP contribution >= 0.6 is 0 Å². The molecule has 110 valence electrons. The average molecular weight is 274 g/mol. The third kappa shape index (κ3) is 3.50. The molecule has 0 aliphatic heterocycles. The molecule has 20 heavy (non-hydrogen) atoms. The molecule has 1 rings (SSSR count). The summed E-state index contributed by atoms with van der Waals surface area (Å²) in [6.07, 6.45) is 1.93. The highest BCUT2D eigenvalue weighted by atomic mass is 16.3. The SMILES string of the molecule is C=CCC(=O)c1cc(C(C)(C)C)c(O)c(C(C)(C)C)c1. The van der Waals surface area contributed by atoms with Gasteiger partial charge in [0.15, 0.2) is 5.78 Å². The van der Waals surface area contributed by atoms with Crippen molar-refractivity contribution in [1.82, 2.24) is 0 Å². The maximum absolute atomic E-state index is 12.2. The Labute approximate surface area is 122 Å². The summed E-state index contributed by atoms with van der Waals surface area (Å²) in [7, 11) is 0. The number of carbonyl (C=O) groups excluding carboxylic acids is 1. The van der Waals surface area contributed by atoms with Crippen molar-refractivity contribution in [2.75, 3.05) is 0 Å². The van der Waals surface area contributed by atoms with Crippen molar-refractivity contribution in [3.05, 3.63) is 41.5 Å². The van der Waals surface area contributed by atoms with E-state index in [1.165, 1.54) is 0 Å². The molecule has 0 spiro atoms. The highest BCUT2D eigenvalue weighted by Gasteiger charge is 2.27. The van der Waals surface area contributed by atoms with E-state index in [0.29, 0.717) is 17.7 Å². The molecule has 2 nitrogen and oxygen atoms in total. The fourth-order valence-electron chi connectivity index (χ4n) is 2.19. The highest BCUT2D eigenvalue weighted by Crippen LogP contribution is 2.39. The maximum Gasteiger partial charge on any atom is 0.166 e. The molecule has 0 aromatic heterocycles. The molecule has 0 unspecified atom stereocenters. The lowest BCUT2D eigenvalue weighted by atomic mass is 9.78. The number of phenols is 1. The summed E-state index contributed by atoms with van der Waals surface area (Å²) in [6, 6.07) is 3.63. The molecule has 0 radical (unpaired) electrons. The molecule has 0 heterocycles. The quantitative estimate of drug-likeness (QED) is 0.638. The van der Waals surface area contributed by atoms with Crippen LogP contribution < -0.4 is 0 Å². The Morgan fingerprint density at radius 1 is 1.10 bits per heavy atom. The first-order valence-electron chi connectivity index (χ1n) is 7.00. The number of Topliss-reactive ketones (excluding diaryl/α,β-unsaturated/α-hetero) is 1. The first kappa shape index (κ1) is 16.5. The number of hydrogen-bond donors (Lipinski definition) is 1. The molecule has 0 atom stereocenters. The number of aromatic hydroxyl groups is 1. The molecular weight excluding hydrogens is 248 g/mol. The molecular formula is C18H26O2. The van der Waals surface area contributed by atoms with E-state index in [4.69, 9.17) is 0 Å². The normalized spacial score (nSPS) is 12.3. The molecule has 0 bridgehead atoms. The van der Waals surface area contributed by atoms with Crippen molar-refractivity contribution < 1.29 is 9.90 Å². The van der Waals surface area contributed by atoms with Gasteiger partial charge in [-0.3, -0.25) is 4.79 Å². The number of ketones is 1. The van der Waals surface area contributed by atoms with Crippen LogP contribution in [0.2, 0.25) is 0 Å². The largest absolute Gasteiger partial charge is 0.507 e. The summed E-state index contributed by atoms with van der Waals surface area (Å²) >= 11 is 0. The van der Waals surface area contributed by atoms with Gasteiger partial charge in [-0.05, 0) is 23.0 Å². The van der Waals surface area contributed by atoms with Gasteiger partial charge >= 0.3 is 0 Å². The minimum atomic E-state index is -0.214. The zero-order valence-corrected chi connectivity index (χ0v) is 13.5. The van der Waals surface area contributed by atoms with Gasteiger partial charge in [0.05, 0.1) is 0 Å². The Hall–Kier alpha value is -1.57. The number of allylic oxidation sites excluding steroid dienone is 1. The van der Waals surface area contributed by atoms with Crippen molar-refractivity contribution in [3.8, 4) is 5.75 Å². The Morgan fingerprint density at radius 2 is 1.50 bits per heavy atom. The number of carbonyl (C=O) groups is 1. The number of phenolic OH excluding ortho intramolecular Hbond substituents is 1. The minimum absolute atomic E-state index is 0.0380. The van der Waals surface area contributed by atoms with E-state index in [9.17, 15) is 9.90 Å². The fraction of sp³-hybridized carbons (Fsp3) is 0.500. The summed E-state index contributed by atoms with van der Waals surface area (Å²) in [5.41, 5.74) is 1.86. The number of benzene rings is 1. The third-order valence-corrected chi connectivity index (χ3v) is 3.38. The highest BCUT2D eigenvalue weighted by molar-refractivity contribution is 5.97. The van der Waals surface area contributed by atoms with E-state index in [0.717, 1.165) is 11.1 Å². The smallest absolute Gasteiger partial charge is 0.166 e. The first-order chi connectivity index (χ1) is 8.98. The zero-order chi connectivity index (χ0) is 15.7. The van der Waals surface area contributed by atoms with Gasteiger partial charge in [-0.2, -0.15) is 0 Å². The molecule has 2 heteroatoms. The molecule has 0 saturated carbocycles. The van der Waals surface area contributed by atoms with Gasteiger partial charge in [-0.1, -0.05) is 47.6 Å². The van der Waals surface area contributed by atoms with E-state index >= 15 is 0 Å². The van der Waals surface area contributed by atoms with E-state index in [2.05, 4.69) is 6.58 Å². The average Bonchev–Trinajstić information content (AvgIpc) is 2.26. The maximum atomic E-state index is 12.2. The van der Waals surface area contributed by atoms with Crippen LogP contribution in [0.5, 0.6) is 5.75 Å². The predicted molar refractivity (Wildman–Crippen MR) is 84.7 cm³/mol. The Morgan fingerprint density at radius 3 is 1.80 bits per heavy atom. The molecule has 1 aromatic rings. The van der Waals surface area contributed by atoms with Gasteiger partial charge in [-0.25, -0.2) is 0 Å². The van der Waals surface area contributed by atoms with Crippen molar-refractivity contribution in [2.45, 2.75) is 58.8 Å². The van der Waals surface area contributed by atoms with E-state index in [-0.39, 0.29) is 16.6 Å². The van der Waals surface area contributed by atoms with Crippen LogP contribution in [-0.4, -0.2) is 10.9 Å². The lowest BCUT2D eigenvalue weighted by molar-refractivity contribution is 0.0995. The molecule has 0 amide bonds. The molecule has 0 aliphatic rings. The van der Waals surface area contributed by atoms with Gasteiger partial charge in [0.25, 0.3) is 0 Å². The second kappa shape index (κ2) is 5.43. The molecule has 1 aromatic carbocycles. The Balaban J connectivity index is 3.58. The second-order valence-corrected chi connectivity index (χ2v) is 7.34. The van der Waals surface area contributed by atoms with Gasteiger partial charge in [0.2, 0.25) is 0 Å². The van der Waals surface area contributed by atoms with Crippen molar-refractivity contribution in [3.63, 3.8) is 0 Å². The lowest BCUT2D eigenvalue weighted by Gasteiger charge is -2.28. The van der Waals surface area contributed by atoms with Crippen LogP contribution in [0.25, 0.3) is 0 Å². The molecule has 0 fully saturated rings. The van der Waals surface area contributed by atoms with Crippen LogP contribution in [0.3, 0.4) is 0 Å².